The number of rotatable bonds is 5. The Labute approximate surface area is 154 Å². The monoisotopic (exact) mass is 371 g/mol. The van der Waals surface area contributed by atoms with Crippen molar-refractivity contribution in [2.24, 2.45) is 0 Å². The Hall–Kier alpha value is -3.06. The van der Waals surface area contributed by atoms with E-state index >= 15 is 0 Å². The summed E-state index contributed by atoms with van der Waals surface area (Å²) in [4.78, 5) is 15.6. The highest BCUT2D eigenvalue weighted by Crippen LogP contribution is 2.27. The SMILES string of the molecule is CCC(=O)Nc1cc(Nc2cnnc(-c3cc(Cl)ccc3F)c2)ccn1. The Morgan fingerprint density at radius 3 is 2.85 bits per heavy atom. The average molecular weight is 372 g/mol. The van der Waals surface area contributed by atoms with E-state index in [4.69, 9.17) is 11.6 Å². The van der Waals surface area contributed by atoms with Gasteiger partial charge in [0.25, 0.3) is 0 Å². The van der Waals surface area contributed by atoms with E-state index in [-0.39, 0.29) is 11.5 Å². The van der Waals surface area contributed by atoms with Crippen LogP contribution in [0, 0.1) is 5.82 Å². The lowest BCUT2D eigenvalue weighted by molar-refractivity contribution is -0.115. The Balaban J connectivity index is 1.84. The van der Waals surface area contributed by atoms with Crippen LogP contribution in [0.5, 0.6) is 0 Å². The minimum Gasteiger partial charge on any atom is -0.354 e. The topological polar surface area (TPSA) is 79.8 Å². The molecule has 132 valence electrons. The Morgan fingerprint density at radius 1 is 1.19 bits per heavy atom. The second kappa shape index (κ2) is 7.88. The lowest BCUT2D eigenvalue weighted by Crippen LogP contribution is -2.10. The molecule has 0 aliphatic rings. The number of benzene rings is 1. The van der Waals surface area contributed by atoms with Crippen molar-refractivity contribution in [3.63, 3.8) is 0 Å². The summed E-state index contributed by atoms with van der Waals surface area (Å²) < 4.78 is 14.0. The molecular formula is C18H15ClFN5O. The van der Waals surface area contributed by atoms with E-state index in [1.807, 2.05) is 0 Å². The fourth-order valence-corrected chi connectivity index (χ4v) is 2.41. The van der Waals surface area contributed by atoms with Gasteiger partial charge < -0.3 is 10.6 Å². The number of pyridine rings is 1. The van der Waals surface area contributed by atoms with Gasteiger partial charge in [0.05, 0.1) is 17.6 Å². The van der Waals surface area contributed by atoms with E-state index in [9.17, 15) is 9.18 Å². The molecule has 0 aliphatic carbocycles. The van der Waals surface area contributed by atoms with Crippen LogP contribution in [-0.4, -0.2) is 21.1 Å². The number of halogens is 2. The van der Waals surface area contributed by atoms with E-state index in [0.717, 1.165) is 0 Å². The van der Waals surface area contributed by atoms with E-state index in [2.05, 4.69) is 25.8 Å². The number of nitrogens with zero attached hydrogens (tertiary/aromatic N) is 3. The van der Waals surface area contributed by atoms with E-state index in [0.29, 0.717) is 34.3 Å². The second-order valence-corrected chi connectivity index (χ2v) is 5.85. The van der Waals surface area contributed by atoms with Crippen LogP contribution in [0.25, 0.3) is 11.3 Å². The zero-order valence-electron chi connectivity index (χ0n) is 13.8. The third kappa shape index (κ3) is 4.31. The molecule has 6 nitrogen and oxygen atoms in total. The number of nitrogens with one attached hydrogen (secondary N) is 2. The molecule has 0 spiro atoms. The molecule has 0 bridgehead atoms. The summed E-state index contributed by atoms with van der Waals surface area (Å²) in [7, 11) is 0. The number of amides is 1. The molecule has 0 atom stereocenters. The quantitative estimate of drug-likeness (QED) is 0.693. The zero-order valence-corrected chi connectivity index (χ0v) is 14.6. The molecule has 2 heterocycles. The molecule has 1 aromatic carbocycles. The lowest BCUT2D eigenvalue weighted by Gasteiger charge is -2.09. The van der Waals surface area contributed by atoms with Crippen LogP contribution in [0.1, 0.15) is 13.3 Å². The summed E-state index contributed by atoms with van der Waals surface area (Å²) in [6.45, 7) is 1.76. The molecule has 0 unspecified atom stereocenters. The van der Waals surface area contributed by atoms with Gasteiger partial charge in [0, 0.05) is 35.0 Å². The van der Waals surface area contributed by atoms with Crippen molar-refractivity contribution < 1.29 is 9.18 Å². The molecule has 2 N–H and O–H groups in total. The van der Waals surface area contributed by atoms with Crippen molar-refractivity contribution in [2.45, 2.75) is 13.3 Å². The molecule has 3 aromatic rings. The first-order valence-electron chi connectivity index (χ1n) is 7.86. The maximum absolute atomic E-state index is 14.0. The first-order chi connectivity index (χ1) is 12.5. The van der Waals surface area contributed by atoms with Gasteiger partial charge in [-0.1, -0.05) is 18.5 Å². The fourth-order valence-electron chi connectivity index (χ4n) is 2.24. The molecule has 0 radical (unpaired) electrons. The normalized spacial score (nSPS) is 10.4. The fraction of sp³-hybridized carbons (Fsp3) is 0.111. The minimum atomic E-state index is -0.436. The summed E-state index contributed by atoms with van der Waals surface area (Å²) in [5.74, 6) is -0.127. The van der Waals surface area contributed by atoms with Crippen molar-refractivity contribution in [3.05, 3.63) is 59.6 Å². The Kier molecular flexibility index (Phi) is 5.38. The predicted octanol–water partition coefficient (Wildman–Crippen LogP) is 4.42. The highest BCUT2D eigenvalue weighted by molar-refractivity contribution is 6.30. The number of carbonyl (C=O) groups excluding carboxylic acids is 1. The number of anilines is 3. The Morgan fingerprint density at radius 2 is 2.04 bits per heavy atom. The lowest BCUT2D eigenvalue weighted by atomic mass is 10.1. The number of hydrogen-bond acceptors (Lipinski definition) is 5. The van der Waals surface area contributed by atoms with Crippen molar-refractivity contribution in [3.8, 4) is 11.3 Å². The third-order valence-electron chi connectivity index (χ3n) is 3.50. The first-order valence-corrected chi connectivity index (χ1v) is 8.24. The van der Waals surface area contributed by atoms with Crippen LogP contribution in [0.4, 0.5) is 21.6 Å². The minimum absolute atomic E-state index is 0.126. The van der Waals surface area contributed by atoms with Crippen LogP contribution >= 0.6 is 11.6 Å². The van der Waals surface area contributed by atoms with Gasteiger partial charge in [0.2, 0.25) is 5.91 Å². The number of aromatic nitrogens is 3. The van der Waals surface area contributed by atoms with E-state index in [1.165, 1.54) is 24.4 Å². The summed E-state index contributed by atoms with van der Waals surface area (Å²) in [6, 6.07) is 9.33. The van der Waals surface area contributed by atoms with Gasteiger partial charge in [-0.3, -0.25) is 4.79 Å². The third-order valence-corrected chi connectivity index (χ3v) is 3.73. The Bertz CT molecular complexity index is 950. The average Bonchev–Trinajstić information content (AvgIpc) is 2.64. The molecule has 0 fully saturated rings. The van der Waals surface area contributed by atoms with Crippen LogP contribution in [-0.2, 0) is 4.79 Å². The van der Waals surface area contributed by atoms with Crippen molar-refractivity contribution in [2.75, 3.05) is 10.6 Å². The summed E-state index contributed by atoms with van der Waals surface area (Å²) in [5.41, 5.74) is 1.91. The molecule has 3 rings (SSSR count). The maximum Gasteiger partial charge on any atom is 0.225 e. The summed E-state index contributed by atoms with van der Waals surface area (Å²) >= 11 is 5.94. The van der Waals surface area contributed by atoms with E-state index < -0.39 is 5.82 Å². The molecule has 8 heteroatoms. The van der Waals surface area contributed by atoms with Gasteiger partial charge in [-0.05, 0) is 30.3 Å². The molecule has 26 heavy (non-hydrogen) atoms. The van der Waals surface area contributed by atoms with Crippen LogP contribution in [0.2, 0.25) is 5.02 Å². The molecule has 1 amide bonds. The highest BCUT2D eigenvalue weighted by atomic mass is 35.5. The summed E-state index contributed by atoms with van der Waals surface area (Å²) in [5, 5.41) is 14.1. The standard InChI is InChI=1S/C18H15ClFN5O/c1-2-18(26)24-17-9-12(5-6-21-17)23-13-8-16(25-22-10-13)14-7-11(19)3-4-15(14)20/h3-10H,2H2,1H3,(H2,21,23,24,25,26). The summed E-state index contributed by atoms with van der Waals surface area (Å²) in [6.07, 6.45) is 3.44. The molecule has 0 saturated heterocycles. The molecule has 0 aliphatic heterocycles. The van der Waals surface area contributed by atoms with Gasteiger partial charge in [0.1, 0.15) is 11.6 Å². The van der Waals surface area contributed by atoms with Gasteiger partial charge in [-0.15, -0.1) is 0 Å². The van der Waals surface area contributed by atoms with Crippen molar-refractivity contribution >= 4 is 34.7 Å². The zero-order chi connectivity index (χ0) is 18.5. The highest BCUT2D eigenvalue weighted by Gasteiger charge is 2.09. The van der Waals surface area contributed by atoms with Gasteiger partial charge in [-0.25, -0.2) is 9.37 Å². The number of carbonyl (C=O) groups is 1. The van der Waals surface area contributed by atoms with Crippen LogP contribution in [0.3, 0.4) is 0 Å². The van der Waals surface area contributed by atoms with E-state index in [1.54, 1.807) is 31.3 Å². The second-order valence-electron chi connectivity index (χ2n) is 5.41. The van der Waals surface area contributed by atoms with Crippen molar-refractivity contribution in [1.29, 1.82) is 0 Å². The predicted molar refractivity (Wildman–Crippen MR) is 98.9 cm³/mol. The molecule has 0 saturated carbocycles. The molecular weight excluding hydrogens is 357 g/mol. The van der Waals surface area contributed by atoms with Gasteiger partial charge >= 0.3 is 0 Å². The van der Waals surface area contributed by atoms with Crippen molar-refractivity contribution in [1.82, 2.24) is 15.2 Å². The van der Waals surface area contributed by atoms with Gasteiger partial charge in [0.15, 0.2) is 0 Å². The maximum atomic E-state index is 14.0. The largest absolute Gasteiger partial charge is 0.354 e. The smallest absolute Gasteiger partial charge is 0.225 e. The van der Waals surface area contributed by atoms with Crippen LogP contribution < -0.4 is 10.6 Å². The first kappa shape index (κ1) is 17.8. The van der Waals surface area contributed by atoms with Gasteiger partial charge in [-0.2, -0.15) is 10.2 Å². The molecule has 2 aromatic heterocycles. The number of hydrogen-bond donors (Lipinski definition) is 2. The van der Waals surface area contributed by atoms with Crippen LogP contribution in [0.15, 0.2) is 48.8 Å².